The van der Waals surface area contributed by atoms with Gasteiger partial charge in [-0.15, -0.1) is 0 Å². The van der Waals surface area contributed by atoms with Crippen LogP contribution in [0.4, 0.5) is 0 Å². The Morgan fingerprint density at radius 2 is 1.80 bits per heavy atom. The highest BCUT2D eigenvalue weighted by atomic mass is 79.9. The molecule has 0 saturated heterocycles. The zero-order valence-electron chi connectivity index (χ0n) is 10.00. The van der Waals surface area contributed by atoms with Gasteiger partial charge in [0.1, 0.15) is 0 Å². The molecule has 0 spiro atoms. The molecule has 1 aromatic carbocycles. The zero-order chi connectivity index (χ0) is 11.4. The first-order chi connectivity index (χ1) is 7.02. The first-order valence-corrected chi connectivity index (χ1v) is 6.25. The van der Waals surface area contributed by atoms with Crippen LogP contribution >= 0.6 is 15.9 Å². The fraction of sp³-hybridized carbons (Fsp3) is 0.538. The Morgan fingerprint density at radius 3 is 2.33 bits per heavy atom. The first-order valence-electron chi connectivity index (χ1n) is 5.46. The summed E-state index contributed by atoms with van der Waals surface area (Å²) in [5.74, 6) is 0.692. The van der Waals surface area contributed by atoms with Crippen LogP contribution in [0, 0.1) is 5.92 Å². The summed E-state index contributed by atoms with van der Waals surface area (Å²) in [4.78, 5) is 2.39. The molecule has 1 rings (SSSR count). The Kier molecular flexibility index (Phi) is 4.81. The van der Waals surface area contributed by atoms with Gasteiger partial charge in [-0.25, -0.2) is 0 Å². The van der Waals surface area contributed by atoms with Crippen LogP contribution in [0.5, 0.6) is 0 Å². The Morgan fingerprint density at radius 1 is 1.20 bits per heavy atom. The number of hydrogen-bond donors (Lipinski definition) is 0. The Balaban J connectivity index is 2.66. The van der Waals surface area contributed by atoms with E-state index in [1.165, 1.54) is 10.0 Å². The lowest BCUT2D eigenvalue weighted by Crippen LogP contribution is -2.32. The minimum atomic E-state index is 0.608. The normalized spacial score (nSPS) is 13.5. The van der Waals surface area contributed by atoms with Crippen LogP contribution in [-0.2, 0) is 6.54 Å². The van der Waals surface area contributed by atoms with Crippen LogP contribution in [0.3, 0.4) is 0 Å². The third kappa shape index (κ3) is 3.62. The molecule has 2 heteroatoms. The topological polar surface area (TPSA) is 3.24 Å². The van der Waals surface area contributed by atoms with Gasteiger partial charge in [-0.2, -0.15) is 0 Å². The van der Waals surface area contributed by atoms with Crippen molar-refractivity contribution in [3.8, 4) is 0 Å². The average molecular weight is 270 g/mol. The lowest BCUT2D eigenvalue weighted by atomic mass is 10.0. The molecule has 0 saturated carbocycles. The van der Waals surface area contributed by atoms with Crippen molar-refractivity contribution in [2.45, 2.75) is 33.4 Å². The fourth-order valence-corrected chi connectivity index (χ4v) is 1.96. The van der Waals surface area contributed by atoms with E-state index in [9.17, 15) is 0 Å². The summed E-state index contributed by atoms with van der Waals surface area (Å²) in [6, 6.07) is 9.03. The number of halogens is 1. The van der Waals surface area contributed by atoms with Crippen molar-refractivity contribution in [3.05, 3.63) is 34.3 Å². The highest BCUT2D eigenvalue weighted by Gasteiger charge is 2.13. The van der Waals surface area contributed by atoms with Crippen molar-refractivity contribution < 1.29 is 0 Å². The monoisotopic (exact) mass is 269 g/mol. The summed E-state index contributed by atoms with van der Waals surface area (Å²) in [6.45, 7) is 7.81. The molecule has 0 radical (unpaired) electrons. The second kappa shape index (κ2) is 5.66. The Labute approximate surface area is 102 Å². The van der Waals surface area contributed by atoms with E-state index in [2.05, 4.69) is 72.9 Å². The highest BCUT2D eigenvalue weighted by molar-refractivity contribution is 9.10. The number of benzene rings is 1. The van der Waals surface area contributed by atoms with Gasteiger partial charge in [0.25, 0.3) is 0 Å². The van der Waals surface area contributed by atoms with E-state index in [1.807, 2.05) is 0 Å². The van der Waals surface area contributed by atoms with Crippen molar-refractivity contribution in [2.75, 3.05) is 7.05 Å². The van der Waals surface area contributed by atoms with E-state index in [0.717, 1.165) is 6.54 Å². The molecule has 15 heavy (non-hydrogen) atoms. The molecular formula is C13H20BrN. The van der Waals surface area contributed by atoms with Crippen LogP contribution in [0.1, 0.15) is 26.3 Å². The molecule has 0 fully saturated rings. The van der Waals surface area contributed by atoms with Crippen molar-refractivity contribution in [2.24, 2.45) is 5.92 Å². The molecule has 0 aliphatic rings. The van der Waals surface area contributed by atoms with E-state index in [4.69, 9.17) is 0 Å². The third-order valence-corrected chi connectivity index (χ3v) is 3.81. The highest BCUT2D eigenvalue weighted by Crippen LogP contribution is 2.19. The van der Waals surface area contributed by atoms with Crippen molar-refractivity contribution in [1.82, 2.24) is 4.90 Å². The van der Waals surface area contributed by atoms with Crippen LogP contribution in [0.25, 0.3) is 0 Å². The van der Waals surface area contributed by atoms with Gasteiger partial charge in [-0.1, -0.05) is 48.0 Å². The molecule has 0 N–H and O–H groups in total. The second-order valence-corrected chi connectivity index (χ2v) is 5.35. The first kappa shape index (κ1) is 12.7. The molecule has 0 aromatic heterocycles. The van der Waals surface area contributed by atoms with Crippen molar-refractivity contribution in [1.29, 1.82) is 0 Å². The SMILES string of the molecule is CC(C)C(C)N(C)Cc1ccccc1Br. The minimum Gasteiger partial charge on any atom is -0.299 e. The molecule has 0 amide bonds. The van der Waals surface area contributed by atoms with Gasteiger partial charge < -0.3 is 0 Å². The molecule has 0 aliphatic carbocycles. The van der Waals surface area contributed by atoms with E-state index in [1.54, 1.807) is 0 Å². The largest absolute Gasteiger partial charge is 0.299 e. The molecule has 84 valence electrons. The maximum absolute atomic E-state index is 3.58. The smallest absolute Gasteiger partial charge is 0.0244 e. The summed E-state index contributed by atoms with van der Waals surface area (Å²) in [5.41, 5.74) is 1.35. The van der Waals surface area contributed by atoms with Crippen molar-refractivity contribution in [3.63, 3.8) is 0 Å². The molecule has 1 aromatic rings. The van der Waals surface area contributed by atoms with Crippen LogP contribution in [0.15, 0.2) is 28.7 Å². The van der Waals surface area contributed by atoms with Gasteiger partial charge in [-0.05, 0) is 31.5 Å². The third-order valence-electron chi connectivity index (χ3n) is 3.04. The predicted octanol–water partition coefficient (Wildman–Crippen LogP) is 3.93. The Bertz CT molecular complexity index is 309. The molecule has 0 heterocycles. The molecule has 1 unspecified atom stereocenters. The second-order valence-electron chi connectivity index (χ2n) is 4.49. The number of rotatable bonds is 4. The lowest BCUT2D eigenvalue weighted by Gasteiger charge is -2.28. The number of nitrogens with zero attached hydrogens (tertiary/aromatic N) is 1. The van der Waals surface area contributed by atoms with Crippen LogP contribution in [0.2, 0.25) is 0 Å². The molecule has 1 atom stereocenters. The van der Waals surface area contributed by atoms with Crippen LogP contribution < -0.4 is 0 Å². The van der Waals surface area contributed by atoms with E-state index >= 15 is 0 Å². The average Bonchev–Trinajstić information content (AvgIpc) is 2.20. The standard InChI is InChI=1S/C13H20BrN/c1-10(2)11(3)15(4)9-12-7-5-6-8-13(12)14/h5-8,10-11H,9H2,1-4H3. The fourth-order valence-electron chi connectivity index (χ4n) is 1.55. The summed E-state index contributed by atoms with van der Waals surface area (Å²) < 4.78 is 1.20. The van der Waals surface area contributed by atoms with Gasteiger partial charge >= 0.3 is 0 Å². The quantitative estimate of drug-likeness (QED) is 0.801. The van der Waals surface area contributed by atoms with Gasteiger partial charge in [0, 0.05) is 17.1 Å². The van der Waals surface area contributed by atoms with Gasteiger partial charge in [0.05, 0.1) is 0 Å². The van der Waals surface area contributed by atoms with Gasteiger partial charge in [0.15, 0.2) is 0 Å². The lowest BCUT2D eigenvalue weighted by molar-refractivity contribution is 0.200. The molecule has 1 nitrogen and oxygen atoms in total. The summed E-state index contributed by atoms with van der Waals surface area (Å²) in [7, 11) is 2.18. The maximum Gasteiger partial charge on any atom is 0.0244 e. The molecule has 0 aliphatic heterocycles. The predicted molar refractivity (Wildman–Crippen MR) is 69.9 cm³/mol. The van der Waals surface area contributed by atoms with Gasteiger partial charge in [0.2, 0.25) is 0 Å². The summed E-state index contributed by atoms with van der Waals surface area (Å²) >= 11 is 3.58. The molecular weight excluding hydrogens is 250 g/mol. The van der Waals surface area contributed by atoms with E-state index in [0.29, 0.717) is 12.0 Å². The maximum atomic E-state index is 3.58. The zero-order valence-corrected chi connectivity index (χ0v) is 11.6. The molecule has 0 bridgehead atoms. The van der Waals surface area contributed by atoms with E-state index in [-0.39, 0.29) is 0 Å². The number of hydrogen-bond acceptors (Lipinski definition) is 1. The van der Waals surface area contributed by atoms with Crippen LogP contribution in [-0.4, -0.2) is 18.0 Å². The Hall–Kier alpha value is -0.340. The van der Waals surface area contributed by atoms with Crippen molar-refractivity contribution >= 4 is 15.9 Å². The van der Waals surface area contributed by atoms with E-state index < -0.39 is 0 Å². The summed E-state index contributed by atoms with van der Waals surface area (Å²) in [5, 5.41) is 0. The van der Waals surface area contributed by atoms with Gasteiger partial charge in [-0.3, -0.25) is 4.90 Å². The minimum absolute atomic E-state index is 0.608. The summed E-state index contributed by atoms with van der Waals surface area (Å²) in [6.07, 6.45) is 0.